The predicted molar refractivity (Wildman–Crippen MR) is 59.6 cm³/mol. The zero-order valence-electron chi connectivity index (χ0n) is 9.07. The van der Waals surface area contributed by atoms with Crippen molar-refractivity contribution >= 4 is 5.69 Å². The van der Waals surface area contributed by atoms with Gasteiger partial charge in [-0.3, -0.25) is 4.68 Å². The number of methoxy groups -OCH3 is 1. The van der Waals surface area contributed by atoms with Crippen LogP contribution in [-0.2, 0) is 7.05 Å². The van der Waals surface area contributed by atoms with Gasteiger partial charge in [0, 0.05) is 30.4 Å². The minimum Gasteiger partial charge on any atom is -0.494 e. The minimum absolute atomic E-state index is 0.338. The second-order valence-corrected chi connectivity index (χ2v) is 3.48. The Hall–Kier alpha value is -2.04. The van der Waals surface area contributed by atoms with Gasteiger partial charge in [0.25, 0.3) is 0 Å². The number of aryl methyl sites for hydroxylation is 1. The number of benzene rings is 1. The number of nitrogen functional groups attached to an aromatic ring is 1. The lowest BCUT2D eigenvalue weighted by Gasteiger charge is -2.07. The van der Waals surface area contributed by atoms with Crippen molar-refractivity contribution < 1.29 is 9.13 Å². The van der Waals surface area contributed by atoms with Gasteiger partial charge in [0.05, 0.1) is 19.0 Å². The number of hydrogen-bond acceptors (Lipinski definition) is 3. The fourth-order valence-corrected chi connectivity index (χ4v) is 1.53. The molecule has 0 saturated carbocycles. The van der Waals surface area contributed by atoms with E-state index >= 15 is 0 Å². The summed E-state index contributed by atoms with van der Waals surface area (Å²) in [6.07, 6.45) is 3.31. The van der Waals surface area contributed by atoms with E-state index in [0.29, 0.717) is 22.6 Å². The highest BCUT2D eigenvalue weighted by Crippen LogP contribution is 2.30. The summed E-state index contributed by atoms with van der Waals surface area (Å²) in [5, 5.41) is 3.98. The van der Waals surface area contributed by atoms with Crippen molar-refractivity contribution in [3.63, 3.8) is 0 Å². The molecule has 0 atom stereocenters. The van der Waals surface area contributed by atoms with Crippen molar-refractivity contribution in [1.29, 1.82) is 0 Å². The maximum atomic E-state index is 13.7. The van der Waals surface area contributed by atoms with Crippen molar-refractivity contribution in [2.75, 3.05) is 12.8 Å². The Morgan fingerprint density at radius 2 is 2.19 bits per heavy atom. The van der Waals surface area contributed by atoms with E-state index in [-0.39, 0.29) is 5.82 Å². The Kier molecular flexibility index (Phi) is 2.52. The van der Waals surface area contributed by atoms with Crippen LogP contribution in [0.2, 0.25) is 0 Å². The Labute approximate surface area is 92.4 Å². The van der Waals surface area contributed by atoms with Crippen LogP contribution in [-0.4, -0.2) is 16.9 Å². The van der Waals surface area contributed by atoms with Crippen LogP contribution in [0.15, 0.2) is 24.5 Å². The SMILES string of the molecule is COc1cc(F)c(-c2cnn(C)c2)cc1N. The first-order valence-corrected chi connectivity index (χ1v) is 4.74. The van der Waals surface area contributed by atoms with Crippen molar-refractivity contribution in [3.8, 4) is 16.9 Å². The highest BCUT2D eigenvalue weighted by molar-refractivity contribution is 5.70. The number of ether oxygens (including phenoxy) is 1. The number of halogens is 1. The molecule has 0 radical (unpaired) electrons. The van der Waals surface area contributed by atoms with Crippen LogP contribution in [0.3, 0.4) is 0 Å². The molecule has 0 saturated heterocycles. The molecule has 0 aliphatic heterocycles. The van der Waals surface area contributed by atoms with Crippen LogP contribution in [0.1, 0.15) is 0 Å². The molecule has 0 spiro atoms. The lowest BCUT2D eigenvalue weighted by atomic mass is 10.1. The summed E-state index contributed by atoms with van der Waals surface area (Å²) >= 11 is 0. The molecule has 0 fully saturated rings. The molecule has 1 aromatic heterocycles. The Bertz CT molecular complexity index is 522. The van der Waals surface area contributed by atoms with Crippen LogP contribution >= 0.6 is 0 Å². The first kappa shape index (κ1) is 10.5. The lowest BCUT2D eigenvalue weighted by molar-refractivity contribution is 0.413. The fraction of sp³-hybridized carbons (Fsp3) is 0.182. The molecule has 2 N–H and O–H groups in total. The Morgan fingerprint density at radius 1 is 1.44 bits per heavy atom. The quantitative estimate of drug-likeness (QED) is 0.787. The largest absolute Gasteiger partial charge is 0.494 e. The van der Waals surface area contributed by atoms with E-state index in [1.807, 2.05) is 0 Å². The summed E-state index contributed by atoms with van der Waals surface area (Å²) in [5.41, 5.74) is 7.24. The lowest BCUT2D eigenvalue weighted by Crippen LogP contribution is -1.95. The van der Waals surface area contributed by atoms with Crippen LogP contribution in [0.5, 0.6) is 5.75 Å². The van der Waals surface area contributed by atoms with Gasteiger partial charge in [-0.15, -0.1) is 0 Å². The molecule has 1 aromatic carbocycles. The van der Waals surface area contributed by atoms with Gasteiger partial charge < -0.3 is 10.5 Å². The van der Waals surface area contributed by atoms with E-state index in [9.17, 15) is 4.39 Å². The van der Waals surface area contributed by atoms with Crippen LogP contribution in [0, 0.1) is 5.82 Å². The highest BCUT2D eigenvalue weighted by atomic mass is 19.1. The Morgan fingerprint density at radius 3 is 2.75 bits per heavy atom. The smallest absolute Gasteiger partial charge is 0.144 e. The fourth-order valence-electron chi connectivity index (χ4n) is 1.53. The van der Waals surface area contributed by atoms with Crippen molar-refractivity contribution in [2.24, 2.45) is 7.05 Å². The number of hydrogen-bond donors (Lipinski definition) is 1. The molecule has 0 unspecified atom stereocenters. The van der Waals surface area contributed by atoms with Gasteiger partial charge >= 0.3 is 0 Å². The third-order valence-electron chi connectivity index (χ3n) is 2.34. The molecule has 2 rings (SSSR count). The van der Waals surface area contributed by atoms with Gasteiger partial charge in [0.1, 0.15) is 11.6 Å². The number of nitrogens with zero attached hydrogens (tertiary/aromatic N) is 2. The summed E-state index contributed by atoms with van der Waals surface area (Å²) in [5.74, 6) is -0.0378. The summed E-state index contributed by atoms with van der Waals surface area (Å²) in [7, 11) is 3.23. The van der Waals surface area contributed by atoms with Gasteiger partial charge in [0.15, 0.2) is 0 Å². The molecule has 0 aliphatic rings. The van der Waals surface area contributed by atoms with Gasteiger partial charge in [-0.1, -0.05) is 0 Å². The average Bonchev–Trinajstić information content (AvgIpc) is 2.67. The first-order chi connectivity index (χ1) is 7.61. The number of aromatic nitrogens is 2. The number of nitrogens with two attached hydrogens (primary N) is 1. The molecule has 1 heterocycles. The highest BCUT2D eigenvalue weighted by Gasteiger charge is 2.11. The van der Waals surface area contributed by atoms with E-state index < -0.39 is 0 Å². The maximum Gasteiger partial charge on any atom is 0.144 e. The van der Waals surface area contributed by atoms with Crippen LogP contribution in [0.25, 0.3) is 11.1 Å². The van der Waals surface area contributed by atoms with E-state index in [1.54, 1.807) is 30.2 Å². The van der Waals surface area contributed by atoms with Crippen molar-refractivity contribution in [2.45, 2.75) is 0 Å². The maximum absolute atomic E-state index is 13.7. The van der Waals surface area contributed by atoms with Gasteiger partial charge in [-0.05, 0) is 6.07 Å². The first-order valence-electron chi connectivity index (χ1n) is 4.74. The molecule has 0 bridgehead atoms. The molecule has 2 aromatic rings. The van der Waals surface area contributed by atoms with E-state index in [2.05, 4.69) is 5.10 Å². The van der Waals surface area contributed by atoms with E-state index in [1.165, 1.54) is 13.2 Å². The molecule has 0 aliphatic carbocycles. The molecular weight excluding hydrogens is 209 g/mol. The predicted octanol–water partition coefficient (Wildman–Crippen LogP) is 1.82. The second kappa shape index (κ2) is 3.84. The average molecular weight is 221 g/mol. The van der Waals surface area contributed by atoms with Gasteiger partial charge in [-0.25, -0.2) is 4.39 Å². The summed E-state index contributed by atoms with van der Waals surface area (Å²) in [4.78, 5) is 0. The van der Waals surface area contributed by atoms with Crippen molar-refractivity contribution in [3.05, 3.63) is 30.3 Å². The van der Waals surface area contributed by atoms with Crippen molar-refractivity contribution in [1.82, 2.24) is 9.78 Å². The topological polar surface area (TPSA) is 53.1 Å². The molecule has 0 amide bonds. The van der Waals surface area contributed by atoms with Gasteiger partial charge in [0.2, 0.25) is 0 Å². The van der Waals surface area contributed by atoms with E-state index in [0.717, 1.165) is 0 Å². The zero-order chi connectivity index (χ0) is 11.7. The number of anilines is 1. The van der Waals surface area contributed by atoms with Gasteiger partial charge in [-0.2, -0.15) is 5.10 Å². The molecule has 4 nitrogen and oxygen atoms in total. The molecule has 16 heavy (non-hydrogen) atoms. The van der Waals surface area contributed by atoms with E-state index in [4.69, 9.17) is 10.5 Å². The van der Waals surface area contributed by atoms with Crippen LogP contribution < -0.4 is 10.5 Å². The summed E-state index contributed by atoms with van der Waals surface area (Å²) in [6, 6.07) is 2.82. The third-order valence-corrected chi connectivity index (χ3v) is 2.34. The second-order valence-electron chi connectivity index (χ2n) is 3.48. The van der Waals surface area contributed by atoms with Crippen LogP contribution in [0.4, 0.5) is 10.1 Å². The summed E-state index contributed by atoms with van der Waals surface area (Å²) < 4.78 is 20.3. The summed E-state index contributed by atoms with van der Waals surface area (Å²) in [6.45, 7) is 0. The molecule has 5 heteroatoms. The normalized spacial score (nSPS) is 10.4. The minimum atomic E-state index is -0.376. The number of rotatable bonds is 2. The Balaban J connectivity index is 2.54. The molecular formula is C11H12FN3O. The molecule has 84 valence electrons. The standard InChI is InChI=1S/C11H12FN3O/c1-15-6-7(5-14-15)8-3-10(13)11(16-2)4-9(8)12/h3-6H,13H2,1-2H3. The third kappa shape index (κ3) is 1.71. The monoisotopic (exact) mass is 221 g/mol. The zero-order valence-corrected chi connectivity index (χ0v) is 9.07.